The van der Waals surface area contributed by atoms with Gasteiger partial charge in [-0.2, -0.15) is 0 Å². The zero-order chi connectivity index (χ0) is 25.1. The predicted octanol–water partition coefficient (Wildman–Crippen LogP) is 4.60. The summed E-state index contributed by atoms with van der Waals surface area (Å²) in [5, 5.41) is 9.43. The molecular weight excluding hydrogens is 489 g/mol. The molecule has 1 aliphatic carbocycles. The molecule has 0 spiro atoms. The van der Waals surface area contributed by atoms with Crippen LogP contribution in [0.2, 0.25) is 0 Å². The number of likely N-dealkylation sites (tertiary alicyclic amines) is 1. The Morgan fingerprint density at radius 3 is 2.66 bits per heavy atom. The van der Waals surface area contributed by atoms with Crippen molar-refractivity contribution in [3.05, 3.63) is 83.9 Å². The van der Waals surface area contributed by atoms with Gasteiger partial charge < -0.3 is 9.84 Å². The molecule has 1 unspecified atom stereocenters. The number of ether oxygens (including phenoxy) is 1. The summed E-state index contributed by atoms with van der Waals surface area (Å²) in [5.74, 6) is -1.05. The fourth-order valence-corrected chi connectivity index (χ4v) is 7.51. The monoisotopic (exact) mass is 517 g/mol. The fraction of sp³-hybridized carbons (Fsp3) is 0.346. The number of sulfone groups is 1. The fourth-order valence-electron chi connectivity index (χ4n) is 4.55. The van der Waals surface area contributed by atoms with E-state index in [0.717, 1.165) is 29.3 Å². The van der Waals surface area contributed by atoms with Crippen LogP contribution >= 0.6 is 11.8 Å². The molecule has 6 nitrogen and oxygen atoms in total. The van der Waals surface area contributed by atoms with Crippen molar-refractivity contribution in [2.75, 3.05) is 26.0 Å². The van der Waals surface area contributed by atoms with Gasteiger partial charge in [0.25, 0.3) is 0 Å². The molecule has 4 rings (SSSR count). The smallest absolute Gasteiger partial charge is 0.320 e. The number of benzene rings is 2. The Morgan fingerprint density at radius 2 is 1.97 bits per heavy atom. The molecule has 2 atom stereocenters. The minimum atomic E-state index is -3.76. The zero-order valence-electron chi connectivity index (χ0n) is 19.4. The lowest BCUT2D eigenvalue weighted by Gasteiger charge is -2.36. The Hall–Kier alpha value is -2.62. The summed E-state index contributed by atoms with van der Waals surface area (Å²) in [6.07, 6.45) is 6.24. The van der Waals surface area contributed by atoms with Crippen LogP contribution in [0.3, 0.4) is 0 Å². The van der Waals surface area contributed by atoms with Gasteiger partial charge >= 0.3 is 5.97 Å². The number of carboxylic acids is 1. The first kappa shape index (κ1) is 25.5. The van der Waals surface area contributed by atoms with Gasteiger partial charge in [0.15, 0.2) is 13.9 Å². The molecule has 0 amide bonds. The van der Waals surface area contributed by atoms with Crippen LogP contribution in [0.15, 0.2) is 77.4 Å². The van der Waals surface area contributed by atoms with E-state index in [-0.39, 0.29) is 18.8 Å². The Balaban J connectivity index is 1.66. The number of aliphatic carboxylic acids is 1. The average molecular weight is 518 g/mol. The van der Waals surface area contributed by atoms with E-state index in [1.165, 1.54) is 18.4 Å². The van der Waals surface area contributed by atoms with Gasteiger partial charge in [-0.15, -0.1) is 0 Å². The molecule has 35 heavy (non-hydrogen) atoms. The van der Waals surface area contributed by atoms with Crippen molar-refractivity contribution in [2.45, 2.75) is 34.3 Å². The topological polar surface area (TPSA) is 83.9 Å². The number of hydrogen-bond acceptors (Lipinski definition) is 6. The molecule has 186 valence electrons. The van der Waals surface area contributed by atoms with E-state index in [0.29, 0.717) is 24.4 Å². The van der Waals surface area contributed by atoms with E-state index in [4.69, 9.17) is 4.74 Å². The van der Waals surface area contributed by atoms with E-state index in [2.05, 4.69) is 0 Å². The first-order valence-corrected chi connectivity index (χ1v) is 14.1. The number of rotatable bonds is 9. The molecule has 1 aliphatic heterocycles. The van der Waals surface area contributed by atoms with Crippen LogP contribution in [0.4, 0.5) is 4.39 Å². The minimum absolute atomic E-state index is 0.143. The maximum Gasteiger partial charge on any atom is 0.320 e. The third kappa shape index (κ3) is 5.63. The molecule has 1 heterocycles. The summed E-state index contributed by atoms with van der Waals surface area (Å²) in [5.41, 5.74) is 1.73. The molecule has 0 aromatic heterocycles. The lowest BCUT2D eigenvalue weighted by Crippen LogP contribution is -2.41. The highest BCUT2D eigenvalue weighted by atomic mass is 32.3. The highest BCUT2D eigenvalue weighted by Crippen LogP contribution is 2.51. The Labute approximate surface area is 209 Å². The largest absolute Gasteiger partial charge is 0.494 e. The minimum Gasteiger partial charge on any atom is -0.494 e. The lowest BCUT2D eigenvalue weighted by atomic mass is 9.96. The van der Waals surface area contributed by atoms with E-state index in [9.17, 15) is 22.7 Å². The van der Waals surface area contributed by atoms with E-state index < -0.39 is 31.7 Å². The second-order valence-electron chi connectivity index (χ2n) is 8.73. The molecular formula is C26H28FNO5S2. The molecule has 2 aromatic carbocycles. The van der Waals surface area contributed by atoms with Crippen molar-refractivity contribution in [1.82, 2.24) is 4.90 Å². The SMILES string of the molecule is CS(=O)(=O)C1(Sc2cccc(F)c2)CC(c2ccccc2)=CC=C1OCCN1CCC[C@H]1C(=O)O. The molecule has 2 aromatic rings. The summed E-state index contributed by atoms with van der Waals surface area (Å²) < 4.78 is 45.4. The molecule has 9 heteroatoms. The van der Waals surface area contributed by atoms with Gasteiger partial charge in [0.05, 0.1) is 0 Å². The van der Waals surface area contributed by atoms with Crippen molar-refractivity contribution in [3.8, 4) is 0 Å². The van der Waals surface area contributed by atoms with Gasteiger partial charge in [-0.25, -0.2) is 12.8 Å². The van der Waals surface area contributed by atoms with E-state index in [1.54, 1.807) is 18.2 Å². The highest BCUT2D eigenvalue weighted by molar-refractivity contribution is 8.14. The number of halogens is 1. The summed E-state index contributed by atoms with van der Waals surface area (Å²) in [4.78, 5) is 13.8. The van der Waals surface area contributed by atoms with Crippen molar-refractivity contribution in [1.29, 1.82) is 0 Å². The molecule has 2 aliphatic rings. The van der Waals surface area contributed by atoms with E-state index in [1.807, 2.05) is 41.3 Å². The van der Waals surface area contributed by atoms with Crippen LogP contribution in [0, 0.1) is 5.82 Å². The van der Waals surface area contributed by atoms with Gasteiger partial charge in [0, 0.05) is 24.1 Å². The summed E-state index contributed by atoms with van der Waals surface area (Å²) in [6.45, 7) is 1.17. The lowest BCUT2D eigenvalue weighted by molar-refractivity contribution is -0.142. The zero-order valence-corrected chi connectivity index (χ0v) is 21.0. The first-order valence-electron chi connectivity index (χ1n) is 11.4. The van der Waals surface area contributed by atoms with Crippen LogP contribution in [0.5, 0.6) is 0 Å². The number of thioether (sulfide) groups is 1. The first-order chi connectivity index (χ1) is 16.7. The Morgan fingerprint density at radius 1 is 1.20 bits per heavy atom. The van der Waals surface area contributed by atoms with Gasteiger partial charge in [-0.3, -0.25) is 9.69 Å². The van der Waals surface area contributed by atoms with Gasteiger partial charge in [-0.05, 0) is 54.8 Å². The van der Waals surface area contributed by atoms with Crippen LogP contribution < -0.4 is 0 Å². The Kier molecular flexibility index (Phi) is 7.68. The maximum atomic E-state index is 14.0. The van der Waals surface area contributed by atoms with Gasteiger partial charge in [0.2, 0.25) is 0 Å². The molecule has 1 saturated heterocycles. The Bertz CT molecular complexity index is 1250. The summed E-state index contributed by atoms with van der Waals surface area (Å²) in [6, 6.07) is 14.8. The van der Waals surface area contributed by atoms with Gasteiger partial charge in [-0.1, -0.05) is 54.2 Å². The number of carbonyl (C=O) groups is 1. The average Bonchev–Trinajstić information content (AvgIpc) is 3.29. The molecule has 1 N–H and O–H groups in total. The molecule has 0 radical (unpaired) electrons. The third-order valence-electron chi connectivity index (χ3n) is 6.34. The summed E-state index contributed by atoms with van der Waals surface area (Å²) >= 11 is 1.06. The van der Waals surface area contributed by atoms with Crippen molar-refractivity contribution in [3.63, 3.8) is 0 Å². The standard InChI is InChI=1S/C26H28FNO5S2/c1-35(31,32)26(34-22-10-5-9-21(27)17-22)18-20(19-7-3-2-4-8-19)12-13-24(26)33-16-15-28-14-6-11-23(28)25(29)30/h2-5,7-10,12-13,17,23H,6,11,14-16,18H2,1H3,(H,29,30)/t23-,26?/m0/s1. The predicted molar refractivity (Wildman–Crippen MR) is 135 cm³/mol. The summed E-state index contributed by atoms with van der Waals surface area (Å²) in [7, 11) is -3.76. The number of hydrogen-bond donors (Lipinski definition) is 1. The molecule has 0 bridgehead atoms. The number of carboxylic acid groups (broad SMARTS) is 1. The third-order valence-corrected chi connectivity index (χ3v) is 10.2. The quantitative estimate of drug-likeness (QED) is 0.521. The number of nitrogens with zero attached hydrogens (tertiary/aromatic N) is 1. The molecule has 0 saturated carbocycles. The van der Waals surface area contributed by atoms with Crippen molar-refractivity contribution < 1.29 is 27.4 Å². The second kappa shape index (κ2) is 10.6. The van der Waals surface area contributed by atoms with Crippen molar-refractivity contribution >= 4 is 33.1 Å². The van der Waals surface area contributed by atoms with Gasteiger partial charge in [0.1, 0.15) is 24.2 Å². The van der Waals surface area contributed by atoms with Crippen molar-refractivity contribution in [2.24, 2.45) is 0 Å². The normalized spacial score (nSPS) is 23.0. The second-order valence-corrected chi connectivity index (χ2v) is 12.6. The molecule has 1 fully saturated rings. The van der Waals surface area contributed by atoms with Crippen LogP contribution in [-0.2, 0) is 19.4 Å². The number of allylic oxidation sites excluding steroid dienone is 3. The van der Waals surface area contributed by atoms with E-state index >= 15 is 0 Å². The van der Waals surface area contributed by atoms with Crippen LogP contribution in [0.1, 0.15) is 24.8 Å². The van der Waals surface area contributed by atoms with Crippen LogP contribution in [0.25, 0.3) is 5.57 Å². The maximum absolute atomic E-state index is 14.0. The van der Waals surface area contributed by atoms with Crippen LogP contribution in [-0.4, -0.2) is 60.5 Å². The highest BCUT2D eigenvalue weighted by Gasteiger charge is 2.49.